The van der Waals surface area contributed by atoms with Gasteiger partial charge in [-0.05, 0) is 64.5 Å². The van der Waals surface area contributed by atoms with Crippen LogP contribution in [0.25, 0.3) is 0 Å². The van der Waals surface area contributed by atoms with Crippen molar-refractivity contribution in [3.63, 3.8) is 0 Å². The van der Waals surface area contributed by atoms with Gasteiger partial charge in [0.2, 0.25) is 11.8 Å². The Morgan fingerprint density at radius 3 is 2.36 bits per heavy atom. The van der Waals surface area contributed by atoms with Gasteiger partial charge in [-0.1, -0.05) is 61.9 Å². The van der Waals surface area contributed by atoms with Crippen LogP contribution in [0.3, 0.4) is 0 Å². The number of alkyl carbamates (subject to hydrolysis) is 1. The van der Waals surface area contributed by atoms with E-state index in [1.807, 2.05) is 37.3 Å². The predicted molar refractivity (Wildman–Crippen MR) is 151 cm³/mol. The van der Waals surface area contributed by atoms with Crippen molar-refractivity contribution in [3.05, 3.63) is 65.2 Å². The number of phenols is 1. The highest BCUT2D eigenvalue weighted by Crippen LogP contribution is 2.38. The van der Waals surface area contributed by atoms with E-state index in [4.69, 9.17) is 4.74 Å². The second kappa shape index (κ2) is 13.5. The van der Waals surface area contributed by atoms with E-state index in [9.17, 15) is 19.5 Å². The lowest BCUT2D eigenvalue weighted by atomic mass is 9.87. The lowest BCUT2D eigenvalue weighted by Crippen LogP contribution is -2.58. The maximum atomic E-state index is 14.4. The summed E-state index contributed by atoms with van der Waals surface area (Å²) in [6, 6.07) is 12.5. The normalized spacial score (nSPS) is 15.0. The Morgan fingerprint density at radius 2 is 1.77 bits per heavy atom. The maximum Gasteiger partial charge on any atom is 0.408 e. The molecule has 1 fully saturated rings. The number of para-hydroxylation sites is 1. The van der Waals surface area contributed by atoms with E-state index >= 15 is 0 Å². The first-order valence-electron chi connectivity index (χ1n) is 13.9. The number of ether oxygens (including phenoxy) is 1. The molecule has 1 aliphatic carbocycles. The van der Waals surface area contributed by atoms with Gasteiger partial charge in [0.15, 0.2) is 0 Å². The molecule has 3 rings (SSSR count). The highest BCUT2D eigenvalue weighted by atomic mass is 16.6. The summed E-state index contributed by atoms with van der Waals surface area (Å²) in [6.07, 6.45) is 3.64. The second-order valence-corrected chi connectivity index (χ2v) is 11.3. The first kappa shape index (κ1) is 30.0. The van der Waals surface area contributed by atoms with Crippen LogP contribution in [0, 0.1) is 6.92 Å². The lowest BCUT2D eigenvalue weighted by Gasteiger charge is -2.43. The summed E-state index contributed by atoms with van der Waals surface area (Å²) >= 11 is 0. The topological polar surface area (TPSA) is 108 Å². The molecule has 1 saturated carbocycles. The molecule has 212 valence electrons. The summed E-state index contributed by atoms with van der Waals surface area (Å²) in [4.78, 5) is 42.6. The van der Waals surface area contributed by atoms with E-state index in [0.717, 1.165) is 37.7 Å². The average molecular weight is 538 g/mol. The summed E-state index contributed by atoms with van der Waals surface area (Å²) in [5.41, 5.74) is 1.11. The standard InChI is InChI=1S/C31H43N3O5/c1-6-7-19-32-28(36)26(24-18-11-13-21(2)27(24)35)34(23-16-12-17-23)29(37)25(20-22-14-9-8-10-15-22)33-30(38)39-31(3,4)5/h8-11,13-15,18,23,25-26,35H,6-7,12,16-17,19-20H2,1-5H3,(H,32,36)(H,33,38). The third-order valence-corrected chi connectivity index (χ3v) is 6.91. The van der Waals surface area contributed by atoms with Crippen molar-refractivity contribution in [1.82, 2.24) is 15.5 Å². The number of hydrogen-bond acceptors (Lipinski definition) is 5. The van der Waals surface area contributed by atoms with Crippen molar-refractivity contribution in [3.8, 4) is 5.75 Å². The number of carbonyl (C=O) groups is 3. The minimum Gasteiger partial charge on any atom is -0.507 e. The zero-order valence-corrected chi connectivity index (χ0v) is 23.8. The maximum absolute atomic E-state index is 14.4. The highest BCUT2D eigenvalue weighted by Gasteiger charge is 2.43. The molecule has 0 radical (unpaired) electrons. The largest absolute Gasteiger partial charge is 0.507 e. The first-order valence-corrected chi connectivity index (χ1v) is 13.9. The summed E-state index contributed by atoms with van der Waals surface area (Å²) in [7, 11) is 0. The SMILES string of the molecule is CCCCNC(=O)C(c1cccc(C)c1O)N(C(=O)C(Cc1ccccc1)NC(=O)OC(C)(C)C)C1CCC1. The van der Waals surface area contributed by atoms with Crippen molar-refractivity contribution < 1.29 is 24.2 Å². The molecule has 0 spiro atoms. The van der Waals surface area contributed by atoms with Crippen LogP contribution in [0.4, 0.5) is 4.79 Å². The Morgan fingerprint density at radius 1 is 1.08 bits per heavy atom. The van der Waals surface area contributed by atoms with Crippen LogP contribution in [-0.2, 0) is 20.7 Å². The number of aryl methyl sites for hydroxylation is 1. The zero-order valence-electron chi connectivity index (χ0n) is 23.8. The van der Waals surface area contributed by atoms with Gasteiger partial charge in [0.1, 0.15) is 23.4 Å². The van der Waals surface area contributed by atoms with Gasteiger partial charge in [-0.3, -0.25) is 9.59 Å². The Labute approximate surface area is 232 Å². The van der Waals surface area contributed by atoms with E-state index in [0.29, 0.717) is 17.7 Å². The molecule has 39 heavy (non-hydrogen) atoms. The monoisotopic (exact) mass is 537 g/mol. The molecule has 2 atom stereocenters. The van der Waals surface area contributed by atoms with E-state index in [1.165, 1.54) is 0 Å². The van der Waals surface area contributed by atoms with Gasteiger partial charge in [0.25, 0.3) is 0 Å². The minimum absolute atomic E-state index is 0.00928. The smallest absolute Gasteiger partial charge is 0.408 e. The Balaban J connectivity index is 2.04. The van der Waals surface area contributed by atoms with Crippen LogP contribution in [0.1, 0.15) is 82.5 Å². The quantitative estimate of drug-likeness (QED) is 0.343. The lowest BCUT2D eigenvalue weighted by molar-refractivity contribution is -0.147. The number of benzene rings is 2. The number of rotatable bonds is 11. The fourth-order valence-electron chi connectivity index (χ4n) is 4.67. The summed E-state index contributed by atoms with van der Waals surface area (Å²) < 4.78 is 5.49. The molecule has 0 aliphatic heterocycles. The number of nitrogens with zero attached hydrogens (tertiary/aromatic N) is 1. The molecule has 8 nitrogen and oxygen atoms in total. The summed E-state index contributed by atoms with van der Waals surface area (Å²) in [5, 5.41) is 16.8. The van der Waals surface area contributed by atoms with Crippen LogP contribution >= 0.6 is 0 Å². The van der Waals surface area contributed by atoms with E-state index < -0.39 is 23.8 Å². The molecular formula is C31H43N3O5. The number of amides is 3. The number of phenolic OH excluding ortho intramolecular Hbond substituents is 1. The van der Waals surface area contributed by atoms with Crippen LogP contribution in [0.15, 0.2) is 48.5 Å². The number of aromatic hydroxyl groups is 1. The molecular weight excluding hydrogens is 494 g/mol. The number of nitrogens with one attached hydrogen (secondary N) is 2. The van der Waals surface area contributed by atoms with Crippen molar-refractivity contribution >= 4 is 17.9 Å². The summed E-state index contributed by atoms with van der Waals surface area (Å²) in [5.74, 6) is -0.740. The van der Waals surface area contributed by atoms with Crippen molar-refractivity contribution in [2.45, 2.75) is 96.9 Å². The van der Waals surface area contributed by atoms with Crippen LogP contribution in [0.2, 0.25) is 0 Å². The molecule has 0 aromatic heterocycles. The predicted octanol–water partition coefficient (Wildman–Crippen LogP) is 5.18. The van der Waals surface area contributed by atoms with E-state index in [2.05, 4.69) is 10.6 Å². The number of unbranched alkanes of at least 4 members (excludes halogenated alkanes) is 1. The molecule has 1 aliphatic rings. The van der Waals surface area contributed by atoms with Crippen LogP contribution in [0.5, 0.6) is 5.75 Å². The molecule has 8 heteroatoms. The van der Waals surface area contributed by atoms with Gasteiger partial charge >= 0.3 is 6.09 Å². The zero-order chi connectivity index (χ0) is 28.6. The minimum atomic E-state index is -1.04. The fraction of sp³-hybridized carbons (Fsp3) is 0.516. The van der Waals surface area contributed by atoms with Crippen LogP contribution < -0.4 is 10.6 Å². The van der Waals surface area contributed by atoms with E-state index in [1.54, 1.807) is 50.8 Å². The molecule has 2 aromatic carbocycles. The van der Waals surface area contributed by atoms with Crippen molar-refractivity contribution in [2.24, 2.45) is 0 Å². The molecule has 0 bridgehead atoms. The number of hydrogen-bond donors (Lipinski definition) is 3. The summed E-state index contributed by atoms with van der Waals surface area (Å²) in [6.45, 7) is 9.56. The Hall–Kier alpha value is -3.55. The molecule has 3 N–H and O–H groups in total. The van der Waals surface area contributed by atoms with Gasteiger partial charge < -0.3 is 25.4 Å². The Kier molecular flexibility index (Phi) is 10.4. The van der Waals surface area contributed by atoms with Gasteiger partial charge in [0, 0.05) is 24.6 Å². The molecule has 0 saturated heterocycles. The van der Waals surface area contributed by atoms with Crippen LogP contribution in [-0.4, -0.2) is 52.1 Å². The second-order valence-electron chi connectivity index (χ2n) is 11.3. The molecule has 0 heterocycles. The van der Waals surface area contributed by atoms with E-state index in [-0.39, 0.29) is 30.0 Å². The van der Waals surface area contributed by atoms with Gasteiger partial charge in [0.05, 0.1) is 0 Å². The molecule has 2 unspecified atom stereocenters. The average Bonchev–Trinajstić information content (AvgIpc) is 2.84. The fourth-order valence-corrected chi connectivity index (χ4v) is 4.67. The number of carbonyl (C=O) groups excluding carboxylic acids is 3. The highest BCUT2D eigenvalue weighted by molar-refractivity contribution is 5.93. The third kappa shape index (κ3) is 8.22. The first-order chi connectivity index (χ1) is 18.5. The van der Waals surface area contributed by atoms with Crippen molar-refractivity contribution in [1.29, 1.82) is 0 Å². The third-order valence-electron chi connectivity index (χ3n) is 6.91. The Bertz CT molecular complexity index is 1120. The van der Waals surface area contributed by atoms with Gasteiger partial charge in [-0.25, -0.2) is 4.79 Å². The molecule has 2 aromatic rings. The molecule has 3 amide bonds. The van der Waals surface area contributed by atoms with Gasteiger partial charge in [-0.15, -0.1) is 0 Å². The van der Waals surface area contributed by atoms with Crippen molar-refractivity contribution in [2.75, 3.05) is 6.54 Å². The van der Waals surface area contributed by atoms with Gasteiger partial charge in [-0.2, -0.15) is 0 Å².